The van der Waals surface area contributed by atoms with Gasteiger partial charge in [-0.1, -0.05) is 12.1 Å². The number of phenols is 1. The van der Waals surface area contributed by atoms with Gasteiger partial charge in [-0.05, 0) is 19.1 Å². The van der Waals surface area contributed by atoms with Crippen LogP contribution in [-0.2, 0) is 14.6 Å². The van der Waals surface area contributed by atoms with Gasteiger partial charge in [0, 0.05) is 50.6 Å². The third-order valence-corrected chi connectivity index (χ3v) is 5.57. The third-order valence-electron chi connectivity index (χ3n) is 4.63. The molecule has 0 atom stereocenters. The van der Waals surface area contributed by atoms with E-state index in [-0.39, 0.29) is 23.8 Å². The first kappa shape index (κ1) is 20.1. The molecule has 1 amide bonds. The van der Waals surface area contributed by atoms with Crippen molar-refractivity contribution in [1.29, 1.82) is 0 Å². The van der Waals surface area contributed by atoms with Crippen molar-refractivity contribution < 1.29 is 18.3 Å². The molecule has 1 aliphatic rings. The average molecular weight is 404 g/mol. The maximum atomic E-state index is 12.2. The lowest BCUT2D eigenvalue weighted by atomic mass is 10.2. The number of piperazine rings is 1. The van der Waals surface area contributed by atoms with Crippen LogP contribution in [0.5, 0.6) is 5.75 Å². The predicted molar refractivity (Wildman–Crippen MR) is 107 cm³/mol. The van der Waals surface area contributed by atoms with Crippen molar-refractivity contribution in [2.45, 2.75) is 13.3 Å². The molecular weight excluding hydrogens is 380 g/mol. The van der Waals surface area contributed by atoms with Crippen LogP contribution in [0.1, 0.15) is 12.1 Å². The number of aromatic hydroxyl groups is 1. The largest absolute Gasteiger partial charge is 0.507 e. The Morgan fingerprint density at radius 3 is 2.46 bits per heavy atom. The quantitative estimate of drug-likeness (QED) is 0.800. The zero-order chi connectivity index (χ0) is 20.3. The molecule has 1 aliphatic heterocycles. The number of aromatic nitrogens is 2. The smallest absolute Gasteiger partial charge is 0.223 e. The highest BCUT2D eigenvalue weighted by Crippen LogP contribution is 2.28. The molecule has 0 saturated carbocycles. The van der Waals surface area contributed by atoms with Crippen LogP contribution in [0.25, 0.3) is 11.4 Å². The van der Waals surface area contributed by atoms with E-state index in [1.165, 1.54) is 0 Å². The number of phenolic OH excluding ortho intramolecular Hbond substituents is 1. The summed E-state index contributed by atoms with van der Waals surface area (Å²) in [7, 11) is -3.15. The molecule has 1 fully saturated rings. The molecule has 0 spiro atoms. The molecular formula is C19H24N4O4S. The number of carbonyl (C=O) groups excluding carboxylic acids is 1. The topological polar surface area (TPSA) is 104 Å². The Labute approximate surface area is 164 Å². The Bertz CT molecular complexity index is 970. The summed E-state index contributed by atoms with van der Waals surface area (Å²) in [6.07, 6.45) is 1.15. The number of para-hydroxylation sites is 1. The van der Waals surface area contributed by atoms with E-state index in [2.05, 4.69) is 14.9 Å². The summed E-state index contributed by atoms with van der Waals surface area (Å²) in [5.74, 6) is 1.06. The SMILES string of the molecule is Cc1cc(N2CCN(C(=O)CCS(C)(=O)=O)CC2)nc(-c2ccccc2O)n1. The molecule has 28 heavy (non-hydrogen) atoms. The molecule has 1 aromatic heterocycles. The standard InChI is InChI=1S/C19H24N4O4S/c1-14-13-17(21-19(20-14)15-5-3-4-6-16(15)24)22-8-10-23(11-9-22)18(25)7-12-28(2,26)27/h3-6,13,24H,7-12H2,1-2H3. The Balaban J connectivity index is 1.69. The molecule has 1 N–H and O–H groups in total. The van der Waals surface area contributed by atoms with Crippen molar-refractivity contribution in [2.75, 3.05) is 43.1 Å². The number of rotatable bonds is 5. The minimum absolute atomic E-state index is 0.0167. The maximum Gasteiger partial charge on any atom is 0.223 e. The molecule has 2 aromatic rings. The van der Waals surface area contributed by atoms with Crippen molar-refractivity contribution in [2.24, 2.45) is 0 Å². The average Bonchev–Trinajstić information content (AvgIpc) is 2.65. The van der Waals surface area contributed by atoms with Crippen molar-refractivity contribution >= 4 is 21.6 Å². The molecule has 9 heteroatoms. The fraction of sp³-hybridized carbons (Fsp3) is 0.421. The number of carbonyl (C=O) groups is 1. The van der Waals surface area contributed by atoms with Crippen LogP contribution >= 0.6 is 0 Å². The van der Waals surface area contributed by atoms with Crippen molar-refractivity contribution in [3.8, 4) is 17.1 Å². The minimum atomic E-state index is -3.15. The lowest BCUT2D eigenvalue weighted by Crippen LogP contribution is -2.49. The summed E-state index contributed by atoms with van der Waals surface area (Å²) < 4.78 is 22.5. The van der Waals surface area contributed by atoms with Crippen LogP contribution < -0.4 is 4.90 Å². The lowest BCUT2D eigenvalue weighted by molar-refractivity contribution is -0.131. The molecule has 150 valence electrons. The molecule has 0 unspecified atom stereocenters. The Morgan fingerprint density at radius 2 is 1.82 bits per heavy atom. The van der Waals surface area contributed by atoms with E-state index < -0.39 is 9.84 Å². The summed E-state index contributed by atoms with van der Waals surface area (Å²) in [5, 5.41) is 10.1. The normalized spacial score (nSPS) is 14.9. The van der Waals surface area contributed by atoms with Crippen LogP contribution in [0.15, 0.2) is 30.3 Å². The monoisotopic (exact) mass is 404 g/mol. The zero-order valence-electron chi connectivity index (χ0n) is 16.0. The van der Waals surface area contributed by atoms with Gasteiger partial charge in [-0.3, -0.25) is 4.79 Å². The molecule has 1 saturated heterocycles. The van der Waals surface area contributed by atoms with Gasteiger partial charge in [0.05, 0.1) is 11.3 Å². The van der Waals surface area contributed by atoms with Gasteiger partial charge in [0.1, 0.15) is 21.4 Å². The summed E-state index contributed by atoms with van der Waals surface area (Å²) in [5.41, 5.74) is 1.36. The second-order valence-electron chi connectivity index (χ2n) is 6.96. The highest BCUT2D eigenvalue weighted by Gasteiger charge is 2.23. The number of aryl methyl sites for hydroxylation is 1. The van der Waals surface area contributed by atoms with Gasteiger partial charge >= 0.3 is 0 Å². The Kier molecular flexibility index (Phi) is 5.83. The molecule has 0 radical (unpaired) electrons. The van der Waals surface area contributed by atoms with E-state index in [4.69, 9.17) is 0 Å². The second kappa shape index (κ2) is 8.14. The fourth-order valence-corrected chi connectivity index (χ4v) is 3.66. The van der Waals surface area contributed by atoms with Crippen LogP contribution in [0.3, 0.4) is 0 Å². The predicted octanol–water partition coefficient (Wildman–Crippen LogP) is 1.24. The van der Waals surface area contributed by atoms with E-state index in [0.717, 1.165) is 17.8 Å². The summed E-state index contributed by atoms with van der Waals surface area (Å²) >= 11 is 0. The lowest BCUT2D eigenvalue weighted by Gasteiger charge is -2.35. The number of sulfone groups is 1. The van der Waals surface area contributed by atoms with E-state index in [1.54, 1.807) is 23.1 Å². The van der Waals surface area contributed by atoms with Gasteiger partial charge < -0.3 is 14.9 Å². The van der Waals surface area contributed by atoms with Crippen LogP contribution in [-0.4, -0.2) is 72.5 Å². The summed E-state index contributed by atoms with van der Waals surface area (Å²) in [4.78, 5) is 25.0. The van der Waals surface area contributed by atoms with Gasteiger partial charge in [-0.25, -0.2) is 18.4 Å². The molecule has 0 aliphatic carbocycles. The fourth-order valence-electron chi connectivity index (χ4n) is 3.11. The van der Waals surface area contributed by atoms with Crippen LogP contribution in [0.4, 0.5) is 5.82 Å². The summed E-state index contributed by atoms with van der Waals surface area (Å²) in [6, 6.07) is 8.81. The minimum Gasteiger partial charge on any atom is -0.507 e. The van der Waals surface area contributed by atoms with Crippen molar-refractivity contribution in [1.82, 2.24) is 14.9 Å². The van der Waals surface area contributed by atoms with Gasteiger partial charge in [-0.2, -0.15) is 0 Å². The highest BCUT2D eigenvalue weighted by atomic mass is 32.2. The van der Waals surface area contributed by atoms with Crippen molar-refractivity contribution in [3.63, 3.8) is 0 Å². The molecule has 2 heterocycles. The number of anilines is 1. The highest BCUT2D eigenvalue weighted by molar-refractivity contribution is 7.90. The van der Waals surface area contributed by atoms with E-state index in [1.807, 2.05) is 19.1 Å². The second-order valence-corrected chi connectivity index (χ2v) is 9.22. The van der Waals surface area contributed by atoms with E-state index in [9.17, 15) is 18.3 Å². The summed E-state index contributed by atoms with van der Waals surface area (Å²) in [6.45, 7) is 4.09. The van der Waals surface area contributed by atoms with Crippen LogP contribution in [0.2, 0.25) is 0 Å². The number of benzene rings is 1. The first-order chi connectivity index (χ1) is 13.2. The molecule has 3 rings (SSSR count). The number of hydrogen-bond donors (Lipinski definition) is 1. The zero-order valence-corrected chi connectivity index (χ0v) is 16.8. The number of hydrogen-bond acceptors (Lipinski definition) is 7. The van der Waals surface area contributed by atoms with Gasteiger partial charge in [0.25, 0.3) is 0 Å². The number of amides is 1. The van der Waals surface area contributed by atoms with Crippen LogP contribution in [0, 0.1) is 6.92 Å². The van der Waals surface area contributed by atoms with E-state index >= 15 is 0 Å². The Hall–Kier alpha value is -2.68. The molecule has 0 bridgehead atoms. The maximum absolute atomic E-state index is 12.2. The van der Waals surface area contributed by atoms with Gasteiger partial charge in [-0.15, -0.1) is 0 Å². The van der Waals surface area contributed by atoms with Gasteiger partial charge in [0.2, 0.25) is 5.91 Å². The van der Waals surface area contributed by atoms with E-state index in [0.29, 0.717) is 37.6 Å². The third kappa shape index (κ3) is 4.98. The molecule has 8 nitrogen and oxygen atoms in total. The number of nitrogens with zero attached hydrogens (tertiary/aromatic N) is 4. The first-order valence-electron chi connectivity index (χ1n) is 9.07. The first-order valence-corrected chi connectivity index (χ1v) is 11.1. The molecule has 1 aromatic carbocycles. The Morgan fingerprint density at radius 1 is 1.14 bits per heavy atom. The van der Waals surface area contributed by atoms with Crippen molar-refractivity contribution in [3.05, 3.63) is 36.0 Å². The van der Waals surface area contributed by atoms with Gasteiger partial charge in [0.15, 0.2) is 5.82 Å².